The summed E-state index contributed by atoms with van der Waals surface area (Å²) in [4.78, 5) is 21.4. The summed E-state index contributed by atoms with van der Waals surface area (Å²) < 4.78 is 9.68. The van der Waals surface area contributed by atoms with Crippen molar-refractivity contribution >= 4 is 11.9 Å². The van der Waals surface area contributed by atoms with E-state index in [-0.39, 0.29) is 0 Å². The minimum absolute atomic E-state index is 0.357. The van der Waals surface area contributed by atoms with Crippen LogP contribution in [-0.2, 0) is 19.1 Å². The van der Waals surface area contributed by atoms with Crippen molar-refractivity contribution in [3.63, 3.8) is 0 Å². The summed E-state index contributed by atoms with van der Waals surface area (Å²) in [6, 6.07) is 0. The zero-order valence-electron chi connectivity index (χ0n) is 9.25. The van der Waals surface area contributed by atoms with Crippen molar-refractivity contribution in [3.05, 3.63) is 0 Å². The van der Waals surface area contributed by atoms with Gasteiger partial charge in [-0.05, 0) is 12.8 Å². The van der Waals surface area contributed by atoms with Gasteiger partial charge in [-0.15, -0.1) is 0 Å². The van der Waals surface area contributed by atoms with Crippen LogP contribution in [0.1, 0.15) is 26.7 Å². The van der Waals surface area contributed by atoms with E-state index >= 15 is 0 Å². The molecule has 0 radical (unpaired) electrons. The summed E-state index contributed by atoms with van der Waals surface area (Å²) in [5.74, 6) is -1.02. The molecule has 1 saturated carbocycles. The molecule has 0 spiro atoms. The van der Waals surface area contributed by atoms with E-state index in [2.05, 4.69) is 0 Å². The Hall–Kier alpha value is -1.14. The molecule has 6 heteroatoms. The molecule has 0 aliphatic heterocycles. The summed E-state index contributed by atoms with van der Waals surface area (Å²) in [5, 5.41) is 19.3. The molecule has 2 N–H and O–H groups in total. The lowest BCUT2D eigenvalue weighted by Gasteiger charge is -2.36. The molecule has 92 valence electrons. The first-order chi connectivity index (χ1) is 7.41. The Morgan fingerprint density at radius 1 is 0.938 bits per heavy atom. The molecule has 1 rings (SSSR count). The molecule has 0 aromatic rings. The number of hydrogen-bond acceptors (Lipinski definition) is 6. The van der Waals surface area contributed by atoms with Crippen molar-refractivity contribution in [2.45, 2.75) is 51.1 Å². The van der Waals surface area contributed by atoms with Crippen molar-refractivity contribution in [1.82, 2.24) is 0 Å². The predicted molar refractivity (Wildman–Crippen MR) is 52.4 cm³/mol. The fourth-order valence-electron chi connectivity index (χ4n) is 1.79. The van der Waals surface area contributed by atoms with Crippen molar-refractivity contribution in [2.75, 3.05) is 0 Å². The lowest BCUT2D eigenvalue weighted by molar-refractivity contribution is -0.186. The second kappa shape index (κ2) is 5.27. The molecule has 0 saturated heterocycles. The first-order valence-corrected chi connectivity index (χ1v) is 5.12. The molecule has 0 amide bonds. The third-order valence-corrected chi connectivity index (χ3v) is 2.48. The molecule has 16 heavy (non-hydrogen) atoms. The average Bonchev–Trinajstić information content (AvgIpc) is 2.16. The number of esters is 2. The molecule has 4 atom stereocenters. The van der Waals surface area contributed by atoms with Gasteiger partial charge in [0.25, 0.3) is 0 Å². The van der Waals surface area contributed by atoms with E-state index in [9.17, 15) is 19.8 Å². The third-order valence-electron chi connectivity index (χ3n) is 2.48. The molecule has 6 nitrogen and oxygen atoms in total. The predicted octanol–water partition coefficient (Wildman–Crippen LogP) is -0.635. The largest absolute Gasteiger partial charge is 0.460 e. The highest BCUT2D eigenvalue weighted by molar-refractivity contribution is 5.66. The van der Waals surface area contributed by atoms with Gasteiger partial charge in [-0.25, -0.2) is 0 Å². The van der Waals surface area contributed by atoms with E-state index in [1.54, 1.807) is 0 Å². The summed E-state index contributed by atoms with van der Waals surface area (Å²) in [7, 11) is 0. The topological polar surface area (TPSA) is 93.1 Å². The molecule has 0 aromatic carbocycles. The highest BCUT2D eigenvalue weighted by atomic mass is 16.6. The lowest BCUT2D eigenvalue weighted by atomic mass is 9.89. The maximum atomic E-state index is 10.7. The zero-order chi connectivity index (χ0) is 12.3. The van der Waals surface area contributed by atoms with Gasteiger partial charge < -0.3 is 19.7 Å². The van der Waals surface area contributed by atoms with E-state index in [0.29, 0.717) is 12.8 Å². The van der Waals surface area contributed by atoms with E-state index in [0.717, 1.165) is 0 Å². The van der Waals surface area contributed by atoms with Crippen LogP contribution in [0.2, 0.25) is 0 Å². The molecule has 0 heterocycles. The van der Waals surface area contributed by atoms with Gasteiger partial charge in [-0.2, -0.15) is 0 Å². The lowest BCUT2D eigenvalue weighted by Crippen LogP contribution is -2.51. The zero-order valence-corrected chi connectivity index (χ0v) is 9.25. The second-order valence-electron chi connectivity index (χ2n) is 3.85. The van der Waals surface area contributed by atoms with Crippen molar-refractivity contribution in [2.24, 2.45) is 0 Å². The van der Waals surface area contributed by atoms with Crippen LogP contribution < -0.4 is 0 Å². The fourth-order valence-corrected chi connectivity index (χ4v) is 1.79. The van der Waals surface area contributed by atoms with Crippen LogP contribution >= 0.6 is 0 Å². The molecular weight excluding hydrogens is 216 g/mol. The van der Waals surface area contributed by atoms with Gasteiger partial charge in [-0.3, -0.25) is 9.59 Å². The molecule has 0 unspecified atom stereocenters. The maximum Gasteiger partial charge on any atom is 0.302 e. The van der Waals surface area contributed by atoms with Gasteiger partial charge >= 0.3 is 11.9 Å². The minimum Gasteiger partial charge on any atom is -0.460 e. The summed E-state index contributed by atoms with van der Waals surface area (Å²) >= 11 is 0. The first-order valence-electron chi connectivity index (χ1n) is 5.12. The molecule has 1 aliphatic rings. The Balaban J connectivity index is 2.57. The van der Waals surface area contributed by atoms with Crippen LogP contribution in [0, 0.1) is 0 Å². The number of rotatable bonds is 2. The van der Waals surface area contributed by atoms with Crippen molar-refractivity contribution in [1.29, 1.82) is 0 Å². The maximum absolute atomic E-state index is 10.7. The standard InChI is InChI=1S/C10H16O6/c1-5(11)15-7-3-4-8(16-6(2)12)10(14)9(7)13/h7-10,13-14H,3-4H2,1-2H3/t7-,8+,9+,10-. The van der Waals surface area contributed by atoms with Crippen LogP contribution in [0.3, 0.4) is 0 Å². The number of hydrogen-bond donors (Lipinski definition) is 2. The second-order valence-corrected chi connectivity index (χ2v) is 3.85. The van der Waals surface area contributed by atoms with Gasteiger partial charge in [0.15, 0.2) is 0 Å². The highest BCUT2D eigenvalue weighted by Gasteiger charge is 2.40. The number of carbonyl (C=O) groups is 2. The monoisotopic (exact) mass is 232 g/mol. The van der Waals surface area contributed by atoms with Crippen LogP contribution in [-0.4, -0.2) is 46.6 Å². The summed E-state index contributed by atoms with van der Waals surface area (Å²) in [5.41, 5.74) is 0. The third kappa shape index (κ3) is 3.18. The van der Waals surface area contributed by atoms with Crippen LogP contribution in [0.4, 0.5) is 0 Å². The molecular formula is C10H16O6. The van der Waals surface area contributed by atoms with Gasteiger partial charge in [0.1, 0.15) is 24.4 Å². The van der Waals surface area contributed by atoms with Crippen LogP contribution in [0.25, 0.3) is 0 Å². The smallest absolute Gasteiger partial charge is 0.302 e. The van der Waals surface area contributed by atoms with Crippen molar-refractivity contribution < 1.29 is 29.3 Å². The first kappa shape index (κ1) is 12.9. The van der Waals surface area contributed by atoms with Crippen molar-refractivity contribution in [3.8, 4) is 0 Å². The van der Waals surface area contributed by atoms with Gasteiger partial charge in [-0.1, -0.05) is 0 Å². The minimum atomic E-state index is -1.22. The number of ether oxygens (including phenoxy) is 2. The Morgan fingerprint density at radius 2 is 1.25 bits per heavy atom. The van der Waals surface area contributed by atoms with E-state index in [4.69, 9.17) is 9.47 Å². The van der Waals surface area contributed by atoms with E-state index < -0.39 is 36.4 Å². The average molecular weight is 232 g/mol. The Bertz CT molecular complexity index is 248. The Morgan fingerprint density at radius 3 is 1.50 bits per heavy atom. The summed E-state index contributed by atoms with van der Waals surface area (Å²) in [6.07, 6.45) is -3.20. The Labute approximate surface area is 93.2 Å². The Kier molecular flexibility index (Phi) is 4.26. The fraction of sp³-hybridized carbons (Fsp3) is 0.800. The van der Waals surface area contributed by atoms with Crippen LogP contribution in [0.5, 0.6) is 0 Å². The number of aliphatic hydroxyl groups is 2. The van der Waals surface area contributed by atoms with Gasteiger partial charge in [0.05, 0.1) is 0 Å². The van der Waals surface area contributed by atoms with Crippen LogP contribution in [0.15, 0.2) is 0 Å². The molecule has 1 aliphatic carbocycles. The van der Waals surface area contributed by atoms with Gasteiger partial charge in [0.2, 0.25) is 0 Å². The molecule has 0 aromatic heterocycles. The van der Waals surface area contributed by atoms with E-state index in [1.807, 2.05) is 0 Å². The van der Waals surface area contributed by atoms with E-state index in [1.165, 1.54) is 13.8 Å². The quantitative estimate of drug-likeness (QED) is 0.615. The number of aliphatic hydroxyl groups excluding tert-OH is 2. The normalized spacial score (nSPS) is 34.2. The molecule has 1 fully saturated rings. The SMILES string of the molecule is CC(=O)O[C@H]1CC[C@@H](OC(C)=O)[C@H](O)[C@@H]1O. The van der Waals surface area contributed by atoms with Gasteiger partial charge in [0, 0.05) is 13.8 Å². The molecule has 0 bridgehead atoms. The number of carbonyl (C=O) groups excluding carboxylic acids is 2. The highest BCUT2D eigenvalue weighted by Crippen LogP contribution is 2.24. The summed E-state index contributed by atoms with van der Waals surface area (Å²) in [6.45, 7) is 2.47.